The minimum atomic E-state index is -0.138. The van der Waals surface area contributed by atoms with E-state index in [9.17, 15) is 4.79 Å². The van der Waals surface area contributed by atoms with Crippen molar-refractivity contribution in [2.24, 2.45) is 0 Å². The predicted molar refractivity (Wildman–Crippen MR) is 108 cm³/mol. The number of hydrogen-bond donors (Lipinski definition) is 1. The fourth-order valence-corrected chi connectivity index (χ4v) is 2.98. The highest BCUT2D eigenvalue weighted by Gasteiger charge is 2.14. The number of anilines is 1. The van der Waals surface area contributed by atoms with Crippen LogP contribution in [0.25, 0.3) is 11.0 Å². The van der Waals surface area contributed by atoms with Crippen LogP contribution in [0.1, 0.15) is 18.3 Å². The highest BCUT2D eigenvalue weighted by molar-refractivity contribution is 5.76. The van der Waals surface area contributed by atoms with Gasteiger partial charge in [-0.05, 0) is 30.7 Å². The lowest BCUT2D eigenvalue weighted by atomic mass is 10.3. The number of urea groups is 1. The monoisotopic (exact) mass is 366 g/mol. The summed E-state index contributed by atoms with van der Waals surface area (Å²) in [6, 6.07) is 11.8. The highest BCUT2D eigenvalue weighted by atomic mass is 16.2. The number of fused-ring (bicyclic) bond motifs is 1. The first-order valence-electron chi connectivity index (χ1n) is 9.05. The minimum absolute atomic E-state index is 0.138. The molecule has 3 rings (SSSR count). The Morgan fingerprint density at radius 2 is 1.93 bits per heavy atom. The molecule has 0 aliphatic heterocycles. The number of para-hydroxylation sites is 2. The summed E-state index contributed by atoms with van der Waals surface area (Å²) in [5.41, 5.74) is 3.01. The molecule has 0 aliphatic carbocycles. The van der Waals surface area contributed by atoms with Gasteiger partial charge in [0.2, 0.25) is 0 Å². The van der Waals surface area contributed by atoms with Crippen molar-refractivity contribution in [1.29, 1.82) is 0 Å². The van der Waals surface area contributed by atoms with Gasteiger partial charge in [0.25, 0.3) is 0 Å². The van der Waals surface area contributed by atoms with Crippen LogP contribution < -0.4 is 10.2 Å². The summed E-state index contributed by atoms with van der Waals surface area (Å²) < 4.78 is 2.14. The molecule has 1 aromatic carbocycles. The fraction of sp³-hybridized carbons (Fsp3) is 0.350. The van der Waals surface area contributed by atoms with E-state index in [1.807, 2.05) is 49.3 Å². The summed E-state index contributed by atoms with van der Waals surface area (Å²) in [5.74, 6) is 1.77. The maximum Gasteiger partial charge on any atom is 0.317 e. The number of carbonyl (C=O) groups excluding carboxylic acids is 1. The molecule has 0 fully saturated rings. The Hall–Kier alpha value is -3.09. The molecule has 0 atom stereocenters. The van der Waals surface area contributed by atoms with E-state index < -0.39 is 0 Å². The molecule has 7 heteroatoms. The van der Waals surface area contributed by atoms with Gasteiger partial charge in [-0.25, -0.2) is 14.8 Å². The van der Waals surface area contributed by atoms with E-state index in [0.29, 0.717) is 13.1 Å². The first kappa shape index (κ1) is 18.7. The van der Waals surface area contributed by atoms with Crippen molar-refractivity contribution in [3.8, 4) is 0 Å². The third kappa shape index (κ3) is 4.19. The molecule has 0 aliphatic rings. The topological polar surface area (TPSA) is 66.3 Å². The number of carbonyl (C=O) groups is 1. The lowest BCUT2D eigenvalue weighted by Crippen LogP contribution is -2.37. The van der Waals surface area contributed by atoms with Crippen molar-refractivity contribution in [2.45, 2.75) is 26.6 Å². The third-order valence-electron chi connectivity index (χ3n) is 4.49. The number of aromatic nitrogens is 3. The molecule has 0 unspecified atom stereocenters. The highest BCUT2D eigenvalue weighted by Crippen LogP contribution is 2.17. The van der Waals surface area contributed by atoms with E-state index >= 15 is 0 Å². The third-order valence-corrected chi connectivity index (χ3v) is 4.49. The van der Waals surface area contributed by atoms with Crippen molar-refractivity contribution in [3.05, 3.63) is 54.0 Å². The van der Waals surface area contributed by atoms with E-state index in [2.05, 4.69) is 32.8 Å². The number of hydrogen-bond acceptors (Lipinski definition) is 4. The maximum atomic E-state index is 12.5. The smallest absolute Gasteiger partial charge is 0.317 e. The van der Waals surface area contributed by atoms with Crippen molar-refractivity contribution >= 4 is 22.9 Å². The van der Waals surface area contributed by atoms with Gasteiger partial charge in [-0.3, -0.25) is 0 Å². The molecule has 0 saturated heterocycles. The zero-order chi connectivity index (χ0) is 19.4. The molecule has 142 valence electrons. The Bertz CT molecular complexity index is 916. The molecule has 0 radical (unpaired) electrons. The van der Waals surface area contributed by atoms with Crippen LogP contribution >= 0.6 is 0 Å². The number of benzene rings is 1. The van der Waals surface area contributed by atoms with Crippen LogP contribution in [0, 0.1) is 0 Å². The van der Waals surface area contributed by atoms with Gasteiger partial charge in [-0.1, -0.05) is 18.2 Å². The number of imidazole rings is 1. The number of rotatable bonds is 6. The van der Waals surface area contributed by atoms with E-state index in [1.54, 1.807) is 18.1 Å². The second-order valence-electron chi connectivity index (χ2n) is 6.69. The van der Waals surface area contributed by atoms with Crippen molar-refractivity contribution in [3.63, 3.8) is 0 Å². The molecular weight excluding hydrogens is 340 g/mol. The van der Waals surface area contributed by atoms with Crippen LogP contribution in [-0.2, 0) is 19.6 Å². The quantitative estimate of drug-likeness (QED) is 0.728. The first-order valence-corrected chi connectivity index (χ1v) is 9.05. The molecule has 0 saturated carbocycles. The number of aryl methyl sites for hydroxylation is 1. The molecule has 7 nitrogen and oxygen atoms in total. The molecule has 2 heterocycles. The summed E-state index contributed by atoms with van der Waals surface area (Å²) in [5, 5.41) is 2.94. The number of nitrogens with one attached hydrogen (secondary N) is 1. The maximum absolute atomic E-state index is 12.5. The summed E-state index contributed by atoms with van der Waals surface area (Å²) >= 11 is 0. The lowest BCUT2D eigenvalue weighted by Gasteiger charge is -2.18. The van der Waals surface area contributed by atoms with E-state index in [4.69, 9.17) is 0 Å². The Morgan fingerprint density at radius 1 is 1.15 bits per heavy atom. The van der Waals surface area contributed by atoms with E-state index in [0.717, 1.165) is 34.8 Å². The molecule has 2 amide bonds. The Labute approximate surface area is 159 Å². The molecule has 1 N–H and O–H groups in total. The molecular formula is C20H26N6O. The van der Waals surface area contributed by atoms with Crippen LogP contribution in [0.15, 0.2) is 42.6 Å². The SMILES string of the molecule is CCn1c(CN(C)C(=O)NCc2ccc(N(C)C)nc2)nc2ccccc21. The van der Waals surface area contributed by atoms with Gasteiger partial charge in [0, 0.05) is 40.4 Å². The zero-order valence-corrected chi connectivity index (χ0v) is 16.3. The van der Waals surface area contributed by atoms with Gasteiger partial charge in [-0.15, -0.1) is 0 Å². The zero-order valence-electron chi connectivity index (χ0n) is 16.3. The van der Waals surface area contributed by atoms with Crippen LogP contribution in [0.2, 0.25) is 0 Å². The van der Waals surface area contributed by atoms with Crippen molar-refractivity contribution in [1.82, 2.24) is 24.8 Å². The van der Waals surface area contributed by atoms with Gasteiger partial charge in [0.15, 0.2) is 0 Å². The molecule has 0 bridgehead atoms. The average Bonchev–Trinajstić information content (AvgIpc) is 3.03. The Kier molecular flexibility index (Phi) is 5.59. The average molecular weight is 366 g/mol. The molecule has 3 aromatic rings. The minimum Gasteiger partial charge on any atom is -0.363 e. The summed E-state index contributed by atoms with van der Waals surface area (Å²) in [4.78, 5) is 25.1. The normalized spacial score (nSPS) is 10.8. The van der Waals surface area contributed by atoms with Gasteiger partial charge >= 0.3 is 6.03 Å². The van der Waals surface area contributed by atoms with Crippen molar-refractivity contribution in [2.75, 3.05) is 26.0 Å². The van der Waals surface area contributed by atoms with Crippen LogP contribution in [-0.4, -0.2) is 46.6 Å². The second kappa shape index (κ2) is 8.07. The largest absolute Gasteiger partial charge is 0.363 e. The van der Waals surface area contributed by atoms with Gasteiger partial charge < -0.3 is 19.7 Å². The first-order chi connectivity index (χ1) is 13.0. The Balaban J connectivity index is 1.62. The number of nitrogens with zero attached hydrogens (tertiary/aromatic N) is 5. The summed E-state index contributed by atoms with van der Waals surface area (Å²) in [6.45, 7) is 3.79. The standard InChI is InChI=1S/C20H26N6O/c1-5-26-17-9-7-6-8-16(17)23-19(26)14-25(4)20(27)22-13-15-10-11-18(21-12-15)24(2)3/h6-12H,5,13-14H2,1-4H3,(H,22,27). The fourth-order valence-electron chi connectivity index (χ4n) is 2.98. The van der Waals surface area contributed by atoms with Crippen molar-refractivity contribution < 1.29 is 4.79 Å². The lowest BCUT2D eigenvalue weighted by molar-refractivity contribution is 0.205. The molecule has 2 aromatic heterocycles. The van der Waals surface area contributed by atoms with E-state index in [-0.39, 0.29) is 6.03 Å². The van der Waals surface area contributed by atoms with Gasteiger partial charge in [-0.2, -0.15) is 0 Å². The molecule has 27 heavy (non-hydrogen) atoms. The van der Waals surface area contributed by atoms with Crippen LogP contribution in [0.5, 0.6) is 0 Å². The summed E-state index contributed by atoms with van der Waals surface area (Å²) in [6.07, 6.45) is 1.78. The predicted octanol–water partition coefficient (Wildman–Crippen LogP) is 2.86. The van der Waals surface area contributed by atoms with Crippen LogP contribution in [0.3, 0.4) is 0 Å². The molecule has 0 spiro atoms. The van der Waals surface area contributed by atoms with Gasteiger partial charge in [0.1, 0.15) is 11.6 Å². The number of amides is 2. The van der Waals surface area contributed by atoms with Gasteiger partial charge in [0.05, 0.1) is 17.6 Å². The van der Waals surface area contributed by atoms with E-state index in [1.165, 1.54) is 0 Å². The number of pyridine rings is 1. The summed E-state index contributed by atoms with van der Waals surface area (Å²) in [7, 11) is 5.67. The second-order valence-corrected chi connectivity index (χ2v) is 6.69. The van der Waals surface area contributed by atoms with Crippen LogP contribution in [0.4, 0.5) is 10.6 Å². The Morgan fingerprint density at radius 3 is 2.59 bits per heavy atom.